The van der Waals surface area contributed by atoms with Crippen LogP contribution in [0.15, 0.2) is 12.1 Å². The number of ether oxygens (including phenoxy) is 1. The number of nitrogens with two attached hydrogens (primary N) is 1. The number of aryl methyl sites for hydroxylation is 1. The summed E-state index contributed by atoms with van der Waals surface area (Å²) in [6.07, 6.45) is 0. The lowest BCUT2D eigenvalue weighted by molar-refractivity contribution is 0.0999. The number of hydrogen-bond donors (Lipinski definition) is 1. The standard InChI is InChI=1S/C10H10N2O2/c1-6-3-7(5-11)9(14-2)4-8(6)10(12)13/h3-4H,1-2H3,(H2,12,13). The van der Waals surface area contributed by atoms with Gasteiger partial charge in [0.05, 0.1) is 12.7 Å². The Balaban J connectivity index is 3.39. The van der Waals surface area contributed by atoms with Crippen LogP contribution in [-0.2, 0) is 0 Å². The maximum Gasteiger partial charge on any atom is 0.249 e. The second-order valence-electron chi connectivity index (χ2n) is 2.84. The van der Waals surface area contributed by atoms with E-state index in [2.05, 4.69) is 0 Å². The number of nitrogens with zero attached hydrogens (tertiary/aromatic N) is 1. The van der Waals surface area contributed by atoms with Crippen LogP contribution in [0.2, 0.25) is 0 Å². The normalized spacial score (nSPS) is 9.21. The number of nitriles is 1. The van der Waals surface area contributed by atoms with Gasteiger partial charge in [-0.2, -0.15) is 5.26 Å². The van der Waals surface area contributed by atoms with Crippen molar-refractivity contribution in [2.45, 2.75) is 6.92 Å². The van der Waals surface area contributed by atoms with Gasteiger partial charge in [-0.15, -0.1) is 0 Å². The monoisotopic (exact) mass is 190 g/mol. The number of primary amides is 1. The maximum atomic E-state index is 11.0. The zero-order valence-electron chi connectivity index (χ0n) is 8.00. The molecule has 1 rings (SSSR count). The van der Waals surface area contributed by atoms with Gasteiger partial charge in [0.2, 0.25) is 5.91 Å². The van der Waals surface area contributed by atoms with Crippen molar-refractivity contribution in [3.8, 4) is 11.8 Å². The first-order valence-corrected chi connectivity index (χ1v) is 3.98. The highest BCUT2D eigenvalue weighted by atomic mass is 16.5. The Bertz CT molecular complexity index is 419. The molecule has 0 fully saturated rings. The lowest BCUT2D eigenvalue weighted by Gasteiger charge is -2.06. The lowest BCUT2D eigenvalue weighted by atomic mass is 10.0. The van der Waals surface area contributed by atoms with E-state index in [1.165, 1.54) is 13.2 Å². The highest BCUT2D eigenvalue weighted by Crippen LogP contribution is 2.22. The Morgan fingerprint density at radius 1 is 1.57 bits per heavy atom. The van der Waals surface area contributed by atoms with Crippen molar-refractivity contribution in [1.82, 2.24) is 0 Å². The van der Waals surface area contributed by atoms with Gasteiger partial charge in [-0.05, 0) is 24.6 Å². The van der Waals surface area contributed by atoms with E-state index in [1.807, 2.05) is 6.07 Å². The minimum absolute atomic E-state index is 0.368. The largest absolute Gasteiger partial charge is 0.495 e. The summed E-state index contributed by atoms with van der Waals surface area (Å²) in [4.78, 5) is 11.0. The molecule has 0 bridgehead atoms. The van der Waals surface area contributed by atoms with Crippen LogP contribution >= 0.6 is 0 Å². The third-order valence-electron chi connectivity index (χ3n) is 1.93. The molecule has 2 N–H and O–H groups in total. The van der Waals surface area contributed by atoms with E-state index >= 15 is 0 Å². The summed E-state index contributed by atoms with van der Waals surface area (Å²) in [5, 5.41) is 8.76. The predicted molar refractivity (Wildman–Crippen MR) is 51.0 cm³/mol. The van der Waals surface area contributed by atoms with Gasteiger partial charge in [0.1, 0.15) is 11.8 Å². The first kappa shape index (κ1) is 10.1. The van der Waals surface area contributed by atoms with Gasteiger partial charge < -0.3 is 10.5 Å². The molecule has 0 aromatic heterocycles. The number of rotatable bonds is 2. The molecule has 0 aliphatic carbocycles. The Hall–Kier alpha value is -2.02. The van der Waals surface area contributed by atoms with Crippen molar-refractivity contribution in [2.75, 3.05) is 7.11 Å². The van der Waals surface area contributed by atoms with Gasteiger partial charge in [-0.25, -0.2) is 0 Å². The molecule has 0 unspecified atom stereocenters. The number of amides is 1. The van der Waals surface area contributed by atoms with Crippen molar-refractivity contribution in [3.05, 3.63) is 28.8 Å². The zero-order valence-corrected chi connectivity index (χ0v) is 8.00. The van der Waals surface area contributed by atoms with Crippen molar-refractivity contribution >= 4 is 5.91 Å². The van der Waals surface area contributed by atoms with Gasteiger partial charge in [0.25, 0.3) is 0 Å². The molecule has 14 heavy (non-hydrogen) atoms. The second kappa shape index (κ2) is 3.79. The molecular formula is C10H10N2O2. The highest BCUT2D eigenvalue weighted by Gasteiger charge is 2.10. The molecule has 0 atom stereocenters. The van der Waals surface area contributed by atoms with Crippen molar-refractivity contribution in [1.29, 1.82) is 5.26 Å². The predicted octanol–water partition coefficient (Wildman–Crippen LogP) is 0.974. The van der Waals surface area contributed by atoms with E-state index in [4.69, 9.17) is 15.7 Å². The second-order valence-corrected chi connectivity index (χ2v) is 2.84. The Labute approximate surface area is 81.9 Å². The average Bonchev–Trinajstić information content (AvgIpc) is 2.16. The molecule has 1 aromatic rings. The quantitative estimate of drug-likeness (QED) is 0.755. The van der Waals surface area contributed by atoms with Gasteiger partial charge in [-0.1, -0.05) is 0 Å². The van der Waals surface area contributed by atoms with Crippen molar-refractivity contribution in [2.24, 2.45) is 5.73 Å². The average molecular weight is 190 g/mol. The van der Waals surface area contributed by atoms with Crippen LogP contribution in [0.1, 0.15) is 21.5 Å². The summed E-state index contributed by atoms with van der Waals surface area (Å²) in [6, 6.07) is 5.04. The topological polar surface area (TPSA) is 76.1 Å². The number of carbonyl (C=O) groups is 1. The molecule has 0 radical (unpaired) electrons. The van der Waals surface area contributed by atoms with E-state index in [0.29, 0.717) is 22.4 Å². The molecule has 0 saturated carbocycles. The summed E-state index contributed by atoms with van der Waals surface area (Å²) in [5.74, 6) is -0.155. The third kappa shape index (κ3) is 1.67. The lowest BCUT2D eigenvalue weighted by Crippen LogP contribution is -2.13. The Kier molecular flexibility index (Phi) is 2.73. The van der Waals surface area contributed by atoms with E-state index in [1.54, 1.807) is 13.0 Å². The molecule has 4 heteroatoms. The number of benzene rings is 1. The molecule has 1 amide bonds. The molecule has 0 saturated heterocycles. The van der Waals surface area contributed by atoms with E-state index < -0.39 is 5.91 Å². The van der Waals surface area contributed by atoms with Crippen LogP contribution < -0.4 is 10.5 Å². The number of hydrogen-bond acceptors (Lipinski definition) is 3. The molecule has 72 valence electrons. The van der Waals surface area contributed by atoms with E-state index in [0.717, 1.165) is 0 Å². The van der Waals surface area contributed by atoms with Crippen LogP contribution in [0.25, 0.3) is 0 Å². The van der Waals surface area contributed by atoms with Crippen LogP contribution in [0.3, 0.4) is 0 Å². The minimum Gasteiger partial charge on any atom is -0.495 e. The first-order chi connectivity index (χ1) is 6.60. The highest BCUT2D eigenvalue weighted by molar-refractivity contribution is 5.95. The molecule has 0 spiro atoms. The van der Waals surface area contributed by atoms with Crippen LogP contribution in [-0.4, -0.2) is 13.0 Å². The summed E-state index contributed by atoms with van der Waals surface area (Å²) in [5.41, 5.74) is 6.60. The molecular weight excluding hydrogens is 180 g/mol. The van der Waals surface area contributed by atoms with Crippen molar-refractivity contribution in [3.63, 3.8) is 0 Å². The van der Waals surface area contributed by atoms with E-state index in [-0.39, 0.29) is 0 Å². The van der Waals surface area contributed by atoms with Gasteiger partial charge in [0, 0.05) is 5.56 Å². The smallest absolute Gasteiger partial charge is 0.249 e. The summed E-state index contributed by atoms with van der Waals surface area (Å²) in [6.45, 7) is 1.72. The fourth-order valence-electron chi connectivity index (χ4n) is 1.21. The molecule has 0 heterocycles. The molecule has 0 aliphatic rings. The SMILES string of the molecule is COc1cc(C(N)=O)c(C)cc1C#N. The zero-order chi connectivity index (χ0) is 10.7. The van der Waals surface area contributed by atoms with Crippen LogP contribution in [0.5, 0.6) is 5.75 Å². The molecule has 0 aliphatic heterocycles. The van der Waals surface area contributed by atoms with Crippen molar-refractivity contribution < 1.29 is 9.53 Å². The van der Waals surface area contributed by atoms with Gasteiger partial charge >= 0.3 is 0 Å². The van der Waals surface area contributed by atoms with Gasteiger partial charge in [-0.3, -0.25) is 4.79 Å². The van der Waals surface area contributed by atoms with Gasteiger partial charge in [0.15, 0.2) is 0 Å². The Morgan fingerprint density at radius 2 is 2.21 bits per heavy atom. The minimum atomic E-state index is -0.523. The van der Waals surface area contributed by atoms with Crippen LogP contribution in [0, 0.1) is 18.3 Å². The number of carbonyl (C=O) groups excluding carboxylic acids is 1. The fourth-order valence-corrected chi connectivity index (χ4v) is 1.21. The Morgan fingerprint density at radius 3 is 2.64 bits per heavy atom. The fraction of sp³-hybridized carbons (Fsp3) is 0.200. The maximum absolute atomic E-state index is 11.0. The summed E-state index contributed by atoms with van der Waals surface area (Å²) in [7, 11) is 1.44. The van der Waals surface area contributed by atoms with Crippen LogP contribution in [0.4, 0.5) is 0 Å². The molecule has 4 nitrogen and oxygen atoms in total. The molecule has 1 aromatic carbocycles. The first-order valence-electron chi connectivity index (χ1n) is 3.98. The third-order valence-corrected chi connectivity index (χ3v) is 1.93. The summed E-state index contributed by atoms with van der Waals surface area (Å²) >= 11 is 0. The summed E-state index contributed by atoms with van der Waals surface area (Å²) < 4.78 is 4.95. The number of methoxy groups -OCH3 is 1. The van der Waals surface area contributed by atoms with E-state index in [9.17, 15) is 4.79 Å².